The topological polar surface area (TPSA) is 63.2 Å². The van der Waals surface area contributed by atoms with Gasteiger partial charge in [0.25, 0.3) is 0 Å². The Morgan fingerprint density at radius 1 is 1.15 bits per heavy atom. The molecule has 0 saturated carbocycles. The molecule has 0 spiro atoms. The molecule has 1 fully saturated rings. The van der Waals surface area contributed by atoms with Gasteiger partial charge in [-0.15, -0.1) is 0 Å². The molecular formula is C14H25N5O. The van der Waals surface area contributed by atoms with Crippen LogP contribution in [0.25, 0.3) is 0 Å². The minimum absolute atomic E-state index is 0.112. The van der Waals surface area contributed by atoms with Gasteiger partial charge in [0.1, 0.15) is 0 Å². The molecule has 6 nitrogen and oxygen atoms in total. The van der Waals surface area contributed by atoms with Crippen molar-refractivity contribution in [1.82, 2.24) is 15.0 Å². The third kappa shape index (κ3) is 3.95. The SMILES string of the molecule is CCNc1nc(OC(C)CC)nc(N2CCCCC2)n1. The summed E-state index contributed by atoms with van der Waals surface area (Å²) in [4.78, 5) is 15.5. The summed E-state index contributed by atoms with van der Waals surface area (Å²) in [6, 6.07) is 0.422. The van der Waals surface area contributed by atoms with Gasteiger partial charge in [-0.05, 0) is 39.5 Å². The Morgan fingerprint density at radius 3 is 2.55 bits per heavy atom. The van der Waals surface area contributed by atoms with Crippen molar-refractivity contribution in [3.63, 3.8) is 0 Å². The van der Waals surface area contributed by atoms with Gasteiger partial charge in [0, 0.05) is 19.6 Å². The first-order valence-corrected chi connectivity index (χ1v) is 7.64. The van der Waals surface area contributed by atoms with Crippen molar-refractivity contribution in [3.05, 3.63) is 0 Å². The zero-order valence-electron chi connectivity index (χ0n) is 12.7. The average Bonchev–Trinajstić information content (AvgIpc) is 2.48. The van der Waals surface area contributed by atoms with Crippen molar-refractivity contribution in [2.24, 2.45) is 0 Å². The molecule has 1 unspecified atom stereocenters. The van der Waals surface area contributed by atoms with E-state index < -0.39 is 0 Å². The summed E-state index contributed by atoms with van der Waals surface area (Å²) in [6.07, 6.45) is 4.73. The van der Waals surface area contributed by atoms with E-state index in [9.17, 15) is 0 Å². The Morgan fingerprint density at radius 2 is 1.90 bits per heavy atom. The average molecular weight is 279 g/mol. The molecule has 6 heteroatoms. The lowest BCUT2D eigenvalue weighted by Crippen LogP contribution is -2.31. The summed E-state index contributed by atoms with van der Waals surface area (Å²) in [5.74, 6) is 1.33. The van der Waals surface area contributed by atoms with Crippen molar-refractivity contribution in [1.29, 1.82) is 0 Å². The van der Waals surface area contributed by atoms with Crippen molar-refractivity contribution in [2.75, 3.05) is 29.9 Å². The van der Waals surface area contributed by atoms with Crippen LogP contribution >= 0.6 is 0 Å². The maximum atomic E-state index is 5.75. The third-order valence-corrected chi connectivity index (χ3v) is 3.46. The monoisotopic (exact) mass is 279 g/mol. The highest BCUT2D eigenvalue weighted by atomic mass is 16.5. The minimum atomic E-state index is 0.112. The normalized spacial score (nSPS) is 16.9. The fraction of sp³-hybridized carbons (Fsp3) is 0.786. The van der Waals surface area contributed by atoms with Gasteiger partial charge >= 0.3 is 6.01 Å². The predicted octanol–water partition coefficient (Wildman–Crippen LogP) is 2.47. The molecule has 1 atom stereocenters. The Kier molecular flexibility index (Phi) is 5.38. The fourth-order valence-corrected chi connectivity index (χ4v) is 2.13. The van der Waals surface area contributed by atoms with E-state index in [-0.39, 0.29) is 6.10 Å². The lowest BCUT2D eigenvalue weighted by atomic mass is 10.1. The Labute approximate surface area is 121 Å². The van der Waals surface area contributed by atoms with E-state index in [0.717, 1.165) is 32.0 Å². The number of rotatable bonds is 6. The van der Waals surface area contributed by atoms with Gasteiger partial charge in [-0.2, -0.15) is 15.0 Å². The van der Waals surface area contributed by atoms with Crippen LogP contribution in [0.4, 0.5) is 11.9 Å². The number of nitrogens with zero attached hydrogens (tertiary/aromatic N) is 4. The number of nitrogens with one attached hydrogen (secondary N) is 1. The van der Waals surface area contributed by atoms with Crippen LogP contribution in [0, 0.1) is 0 Å². The van der Waals surface area contributed by atoms with E-state index in [1.54, 1.807) is 0 Å². The first-order valence-electron chi connectivity index (χ1n) is 7.64. The molecule has 0 aromatic carbocycles. The van der Waals surface area contributed by atoms with Gasteiger partial charge in [-0.1, -0.05) is 6.92 Å². The highest BCUT2D eigenvalue weighted by Gasteiger charge is 2.17. The molecule has 1 aromatic heterocycles. The molecule has 112 valence electrons. The molecule has 2 heterocycles. The fourth-order valence-electron chi connectivity index (χ4n) is 2.13. The lowest BCUT2D eigenvalue weighted by Gasteiger charge is -2.27. The summed E-state index contributed by atoms with van der Waals surface area (Å²) in [6.45, 7) is 8.95. The Bertz CT molecular complexity index is 420. The standard InChI is InChI=1S/C14H25N5O/c1-4-11(3)20-14-17-12(15-5-2)16-13(18-14)19-9-7-6-8-10-19/h11H,4-10H2,1-3H3,(H,15,16,17,18). The molecule has 0 bridgehead atoms. The molecule has 1 aromatic rings. The molecule has 1 aliphatic rings. The zero-order valence-corrected chi connectivity index (χ0v) is 12.7. The molecule has 1 N–H and O–H groups in total. The molecule has 0 aliphatic carbocycles. The molecule has 1 aliphatic heterocycles. The predicted molar refractivity (Wildman–Crippen MR) is 80.4 cm³/mol. The summed E-state index contributed by atoms with van der Waals surface area (Å²) in [5, 5.41) is 3.15. The first-order chi connectivity index (χ1) is 9.72. The maximum absolute atomic E-state index is 5.75. The van der Waals surface area contributed by atoms with E-state index in [2.05, 4.69) is 32.1 Å². The van der Waals surface area contributed by atoms with E-state index in [4.69, 9.17) is 4.74 Å². The first kappa shape index (κ1) is 14.8. The molecule has 20 heavy (non-hydrogen) atoms. The zero-order chi connectivity index (χ0) is 14.4. The van der Waals surface area contributed by atoms with E-state index in [1.807, 2.05) is 13.8 Å². The summed E-state index contributed by atoms with van der Waals surface area (Å²) >= 11 is 0. The lowest BCUT2D eigenvalue weighted by molar-refractivity contribution is 0.199. The second-order valence-corrected chi connectivity index (χ2v) is 5.16. The second-order valence-electron chi connectivity index (χ2n) is 5.16. The van der Waals surface area contributed by atoms with Crippen molar-refractivity contribution in [2.45, 2.75) is 52.6 Å². The van der Waals surface area contributed by atoms with Crippen LogP contribution in [0.1, 0.15) is 46.5 Å². The van der Waals surface area contributed by atoms with Crippen molar-refractivity contribution < 1.29 is 4.74 Å². The van der Waals surface area contributed by atoms with Crippen LogP contribution in [0.2, 0.25) is 0 Å². The molecule has 0 radical (unpaired) electrons. The van der Waals surface area contributed by atoms with Gasteiger partial charge in [0.15, 0.2) is 0 Å². The van der Waals surface area contributed by atoms with Gasteiger partial charge in [0.05, 0.1) is 6.10 Å². The van der Waals surface area contributed by atoms with E-state index in [0.29, 0.717) is 12.0 Å². The van der Waals surface area contributed by atoms with Gasteiger partial charge < -0.3 is 15.0 Å². The summed E-state index contributed by atoms with van der Waals surface area (Å²) in [5.41, 5.74) is 0. The summed E-state index contributed by atoms with van der Waals surface area (Å²) < 4.78 is 5.75. The van der Waals surface area contributed by atoms with E-state index >= 15 is 0 Å². The summed E-state index contributed by atoms with van der Waals surface area (Å²) in [7, 11) is 0. The Hall–Kier alpha value is -1.59. The third-order valence-electron chi connectivity index (χ3n) is 3.46. The van der Waals surface area contributed by atoms with E-state index in [1.165, 1.54) is 19.3 Å². The molecule has 1 saturated heterocycles. The number of aromatic nitrogens is 3. The van der Waals surface area contributed by atoms with Gasteiger partial charge in [-0.3, -0.25) is 0 Å². The van der Waals surface area contributed by atoms with Crippen LogP contribution < -0.4 is 15.0 Å². The van der Waals surface area contributed by atoms with Gasteiger partial charge in [0.2, 0.25) is 11.9 Å². The quantitative estimate of drug-likeness (QED) is 0.863. The Balaban J connectivity index is 2.20. The van der Waals surface area contributed by atoms with Crippen LogP contribution in [0.15, 0.2) is 0 Å². The largest absolute Gasteiger partial charge is 0.460 e. The smallest absolute Gasteiger partial charge is 0.323 e. The van der Waals surface area contributed by atoms with Crippen LogP contribution in [-0.2, 0) is 0 Å². The number of ether oxygens (including phenoxy) is 1. The number of anilines is 2. The molecular weight excluding hydrogens is 254 g/mol. The molecule has 0 amide bonds. The molecule has 2 rings (SSSR count). The van der Waals surface area contributed by atoms with Crippen LogP contribution in [-0.4, -0.2) is 40.7 Å². The number of hydrogen-bond donors (Lipinski definition) is 1. The maximum Gasteiger partial charge on any atom is 0.323 e. The highest BCUT2D eigenvalue weighted by Crippen LogP contribution is 2.20. The van der Waals surface area contributed by atoms with Crippen molar-refractivity contribution >= 4 is 11.9 Å². The number of hydrogen-bond acceptors (Lipinski definition) is 6. The van der Waals surface area contributed by atoms with Crippen molar-refractivity contribution in [3.8, 4) is 6.01 Å². The van der Waals surface area contributed by atoms with Crippen LogP contribution in [0.5, 0.6) is 6.01 Å². The van der Waals surface area contributed by atoms with Crippen LogP contribution in [0.3, 0.4) is 0 Å². The minimum Gasteiger partial charge on any atom is -0.460 e. The second kappa shape index (κ2) is 7.26. The van der Waals surface area contributed by atoms with Gasteiger partial charge in [-0.25, -0.2) is 0 Å². The number of piperidine rings is 1. The highest BCUT2D eigenvalue weighted by molar-refractivity contribution is 5.38.